The fraction of sp³-hybridized carbons (Fsp3) is 0. The van der Waals surface area contributed by atoms with E-state index in [1.54, 1.807) is 24.3 Å². The molecule has 0 saturated heterocycles. The minimum absolute atomic E-state index is 0.00268. The maximum absolute atomic E-state index is 12.0. The number of halogens is 1. The SMILES string of the molecule is O=c1cc(-c2cc(O)ccc2O)[nH]n1-c1ccc(Cl)cc1. The first-order valence-electron chi connectivity index (χ1n) is 6.15. The van der Waals surface area contributed by atoms with Crippen LogP contribution in [0.2, 0.25) is 5.02 Å². The second-order valence-electron chi connectivity index (χ2n) is 4.52. The number of aromatic hydroxyl groups is 2. The third-order valence-electron chi connectivity index (χ3n) is 3.08. The third-order valence-corrected chi connectivity index (χ3v) is 3.33. The van der Waals surface area contributed by atoms with Crippen molar-refractivity contribution in [3.63, 3.8) is 0 Å². The molecule has 0 bridgehead atoms. The minimum atomic E-state index is -0.282. The third kappa shape index (κ3) is 2.51. The average molecular weight is 303 g/mol. The highest BCUT2D eigenvalue weighted by Gasteiger charge is 2.11. The Labute approximate surface area is 124 Å². The lowest BCUT2D eigenvalue weighted by molar-refractivity contribution is 0.461. The van der Waals surface area contributed by atoms with Gasteiger partial charge in [-0.2, -0.15) is 0 Å². The molecule has 3 N–H and O–H groups in total. The van der Waals surface area contributed by atoms with Crippen LogP contribution in [-0.4, -0.2) is 20.0 Å². The number of rotatable bonds is 2. The molecular formula is C15H11ClN2O3. The Balaban J connectivity index is 2.11. The quantitative estimate of drug-likeness (QED) is 0.637. The van der Waals surface area contributed by atoms with Gasteiger partial charge in [0, 0.05) is 16.7 Å². The van der Waals surface area contributed by atoms with Crippen LogP contribution in [0, 0.1) is 0 Å². The van der Waals surface area contributed by atoms with Gasteiger partial charge in [-0.05, 0) is 42.5 Å². The van der Waals surface area contributed by atoms with Crippen LogP contribution in [0.3, 0.4) is 0 Å². The number of aromatic amines is 1. The number of H-pyrrole nitrogens is 1. The average Bonchev–Trinajstić information content (AvgIpc) is 2.84. The number of aromatic nitrogens is 2. The van der Waals surface area contributed by atoms with Gasteiger partial charge in [-0.3, -0.25) is 9.89 Å². The summed E-state index contributed by atoms with van der Waals surface area (Å²) >= 11 is 5.82. The zero-order valence-corrected chi connectivity index (χ0v) is 11.5. The highest BCUT2D eigenvalue weighted by Crippen LogP contribution is 2.30. The lowest BCUT2D eigenvalue weighted by Crippen LogP contribution is -2.13. The van der Waals surface area contributed by atoms with E-state index in [9.17, 15) is 15.0 Å². The van der Waals surface area contributed by atoms with Crippen molar-refractivity contribution in [1.82, 2.24) is 9.78 Å². The smallest absolute Gasteiger partial charge is 0.271 e. The van der Waals surface area contributed by atoms with Gasteiger partial charge in [-0.1, -0.05) is 11.6 Å². The van der Waals surface area contributed by atoms with Crippen LogP contribution in [0.4, 0.5) is 0 Å². The molecule has 0 aliphatic heterocycles. The first-order chi connectivity index (χ1) is 10.0. The van der Waals surface area contributed by atoms with Crippen LogP contribution in [0.25, 0.3) is 16.9 Å². The van der Waals surface area contributed by atoms with Crippen molar-refractivity contribution in [1.29, 1.82) is 0 Å². The zero-order chi connectivity index (χ0) is 15.0. The lowest BCUT2D eigenvalue weighted by atomic mass is 10.1. The Morgan fingerprint density at radius 2 is 1.71 bits per heavy atom. The van der Waals surface area contributed by atoms with Gasteiger partial charge in [0.2, 0.25) is 0 Å². The number of nitrogens with one attached hydrogen (secondary N) is 1. The molecule has 3 aromatic rings. The predicted molar refractivity (Wildman–Crippen MR) is 80.2 cm³/mol. The molecule has 0 amide bonds. The van der Waals surface area contributed by atoms with Gasteiger partial charge in [0.15, 0.2) is 0 Å². The first kappa shape index (κ1) is 13.3. The molecular weight excluding hydrogens is 292 g/mol. The number of phenolic OH excluding ortho intramolecular Hbond substituents is 2. The van der Waals surface area contributed by atoms with Crippen molar-refractivity contribution in [3.05, 3.63) is 63.9 Å². The topological polar surface area (TPSA) is 78.2 Å². The van der Waals surface area contributed by atoms with Gasteiger partial charge in [0.05, 0.1) is 11.4 Å². The fourth-order valence-electron chi connectivity index (χ4n) is 2.06. The van der Waals surface area contributed by atoms with Crippen LogP contribution in [-0.2, 0) is 0 Å². The molecule has 0 aliphatic rings. The summed E-state index contributed by atoms with van der Waals surface area (Å²) in [6, 6.07) is 12.2. The standard InChI is InChI=1S/C15H11ClN2O3/c16-9-1-3-10(4-2-9)18-15(21)8-13(17-18)12-7-11(19)5-6-14(12)20/h1-8,17,19-20H. The molecule has 6 heteroatoms. The Morgan fingerprint density at radius 3 is 2.43 bits per heavy atom. The molecule has 0 fully saturated rings. The number of phenols is 2. The largest absolute Gasteiger partial charge is 0.508 e. The first-order valence-corrected chi connectivity index (χ1v) is 6.53. The van der Waals surface area contributed by atoms with Crippen molar-refractivity contribution >= 4 is 11.6 Å². The number of hydrogen-bond acceptors (Lipinski definition) is 3. The number of benzene rings is 2. The van der Waals surface area contributed by atoms with Gasteiger partial charge in [0.1, 0.15) is 11.5 Å². The normalized spacial score (nSPS) is 10.7. The van der Waals surface area contributed by atoms with Gasteiger partial charge >= 0.3 is 0 Å². The zero-order valence-electron chi connectivity index (χ0n) is 10.7. The summed E-state index contributed by atoms with van der Waals surface area (Å²) in [5, 5.41) is 22.8. The molecule has 0 spiro atoms. The minimum Gasteiger partial charge on any atom is -0.508 e. The monoisotopic (exact) mass is 302 g/mol. The van der Waals surface area contributed by atoms with E-state index in [1.165, 1.54) is 28.9 Å². The van der Waals surface area contributed by atoms with Gasteiger partial charge in [-0.15, -0.1) is 0 Å². The Kier molecular flexibility index (Phi) is 3.19. The molecule has 1 heterocycles. The summed E-state index contributed by atoms with van der Waals surface area (Å²) < 4.78 is 1.33. The van der Waals surface area contributed by atoms with E-state index >= 15 is 0 Å². The van der Waals surface area contributed by atoms with E-state index in [4.69, 9.17) is 11.6 Å². The lowest BCUT2D eigenvalue weighted by Gasteiger charge is -2.04. The molecule has 0 unspecified atom stereocenters. The van der Waals surface area contributed by atoms with E-state index in [2.05, 4.69) is 5.10 Å². The Hall–Kier alpha value is -2.66. The van der Waals surface area contributed by atoms with Crippen molar-refractivity contribution in [3.8, 4) is 28.4 Å². The fourth-order valence-corrected chi connectivity index (χ4v) is 2.18. The predicted octanol–water partition coefficient (Wildman–Crippen LogP) is 2.90. The molecule has 2 aromatic carbocycles. The van der Waals surface area contributed by atoms with Crippen LogP contribution < -0.4 is 5.56 Å². The molecule has 1 aromatic heterocycles. The van der Waals surface area contributed by atoms with E-state index in [0.717, 1.165) is 0 Å². The van der Waals surface area contributed by atoms with Gasteiger partial charge in [-0.25, -0.2) is 4.68 Å². The van der Waals surface area contributed by atoms with E-state index in [0.29, 0.717) is 22.0 Å². The summed E-state index contributed by atoms with van der Waals surface area (Å²) in [6.45, 7) is 0. The number of nitrogens with zero attached hydrogens (tertiary/aromatic N) is 1. The second-order valence-corrected chi connectivity index (χ2v) is 4.96. The molecule has 0 aliphatic carbocycles. The van der Waals surface area contributed by atoms with Crippen LogP contribution in [0.15, 0.2) is 53.3 Å². The van der Waals surface area contributed by atoms with Gasteiger partial charge in [0.25, 0.3) is 5.56 Å². The maximum Gasteiger partial charge on any atom is 0.271 e. The van der Waals surface area contributed by atoms with Crippen LogP contribution in [0.1, 0.15) is 0 Å². The van der Waals surface area contributed by atoms with E-state index in [-0.39, 0.29) is 17.1 Å². The van der Waals surface area contributed by atoms with Crippen LogP contribution >= 0.6 is 11.6 Å². The van der Waals surface area contributed by atoms with Crippen LogP contribution in [0.5, 0.6) is 11.5 Å². The van der Waals surface area contributed by atoms with Crippen molar-refractivity contribution in [2.75, 3.05) is 0 Å². The summed E-state index contributed by atoms with van der Waals surface area (Å²) in [5.74, 6) is -0.0276. The number of hydrogen-bond donors (Lipinski definition) is 3. The molecule has 0 atom stereocenters. The van der Waals surface area contributed by atoms with Crippen molar-refractivity contribution < 1.29 is 10.2 Å². The highest BCUT2D eigenvalue weighted by molar-refractivity contribution is 6.30. The second kappa shape index (κ2) is 5.03. The summed E-state index contributed by atoms with van der Waals surface area (Å²) in [6.07, 6.45) is 0. The van der Waals surface area contributed by atoms with E-state index in [1.807, 2.05) is 0 Å². The molecule has 0 saturated carbocycles. The van der Waals surface area contributed by atoms with Crippen molar-refractivity contribution in [2.24, 2.45) is 0 Å². The Morgan fingerprint density at radius 1 is 1.00 bits per heavy atom. The highest BCUT2D eigenvalue weighted by atomic mass is 35.5. The molecule has 0 radical (unpaired) electrons. The molecule has 5 nitrogen and oxygen atoms in total. The molecule has 106 valence electrons. The molecule has 21 heavy (non-hydrogen) atoms. The summed E-state index contributed by atoms with van der Waals surface area (Å²) in [4.78, 5) is 12.0. The molecule has 3 rings (SSSR count). The van der Waals surface area contributed by atoms with Gasteiger partial charge < -0.3 is 10.2 Å². The summed E-state index contributed by atoms with van der Waals surface area (Å²) in [7, 11) is 0. The summed E-state index contributed by atoms with van der Waals surface area (Å²) in [5.41, 5.74) is 1.09. The Bertz CT molecular complexity index is 850. The van der Waals surface area contributed by atoms with E-state index < -0.39 is 0 Å². The maximum atomic E-state index is 12.0. The van der Waals surface area contributed by atoms with Crippen molar-refractivity contribution in [2.45, 2.75) is 0 Å².